The zero-order valence-electron chi connectivity index (χ0n) is 20.8. The van der Waals surface area contributed by atoms with Crippen molar-refractivity contribution < 1.29 is 9.90 Å². The molecule has 1 aromatic carbocycles. The van der Waals surface area contributed by atoms with Gasteiger partial charge >= 0.3 is 0 Å². The van der Waals surface area contributed by atoms with Crippen LogP contribution in [0.1, 0.15) is 50.4 Å². The maximum absolute atomic E-state index is 12.8. The highest BCUT2D eigenvalue weighted by molar-refractivity contribution is 5.78. The Balaban J connectivity index is 1.63. The second kappa shape index (κ2) is 10.3. The van der Waals surface area contributed by atoms with E-state index in [0.717, 1.165) is 32.1 Å². The Morgan fingerprint density at radius 1 is 1.20 bits per heavy atom. The smallest absolute Gasteiger partial charge is 0.234 e. The third kappa shape index (κ3) is 4.74. The normalized spacial score (nSPS) is 26.7. The molecule has 186 valence electrons. The molecule has 1 aliphatic heterocycles. The molecule has 1 aliphatic carbocycles. The van der Waals surface area contributed by atoms with Crippen LogP contribution >= 0.6 is 0 Å². The highest BCUT2D eigenvalue weighted by Crippen LogP contribution is 2.49. The van der Waals surface area contributed by atoms with Crippen LogP contribution in [-0.4, -0.2) is 76.4 Å². The van der Waals surface area contributed by atoms with E-state index in [0.29, 0.717) is 18.8 Å². The Morgan fingerprint density at radius 3 is 2.43 bits per heavy atom. The van der Waals surface area contributed by atoms with Crippen LogP contribution in [0.15, 0.2) is 42.7 Å². The molecule has 1 saturated heterocycles. The van der Waals surface area contributed by atoms with Crippen molar-refractivity contribution in [2.45, 2.75) is 56.5 Å². The molecule has 1 aromatic heterocycles. The molecule has 2 fully saturated rings. The van der Waals surface area contributed by atoms with Gasteiger partial charge in [-0.2, -0.15) is 5.26 Å². The monoisotopic (exact) mass is 477 g/mol. The van der Waals surface area contributed by atoms with E-state index in [2.05, 4.69) is 58.5 Å². The summed E-state index contributed by atoms with van der Waals surface area (Å²) >= 11 is 0. The van der Waals surface area contributed by atoms with Crippen molar-refractivity contribution in [1.29, 1.82) is 5.26 Å². The van der Waals surface area contributed by atoms with Gasteiger partial charge in [-0.15, -0.1) is 0 Å². The molecule has 1 atom stereocenters. The predicted molar refractivity (Wildman–Crippen MR) is 133 cm³/mol. The fourth-order valence-electron chi connectivity index (χ4n) is 5.70. The average molecular weight is 478 g/mol. The topological polar surface area (TPSA) is 109 Å². The molecule has 9 nitrogen and oxygen atoms in total. The number of hydrogen-bond donors (Lipinski definition) is 2. The minimum atomic E-state index is -0.984. The summed E-state index contributed by atoms with van der Waals surface area (Å²) in [6.45, 7) is 3.31. The number of carbonyl (C=O) groups is 1. The van der Waals surface area contributed by atoms with E-state index < -0.39 is 6.35 Å². The molecule has 2 aliphatic rings. The highest BCUT2D eigenvalue weighted by atomic mass is 16.3. The molecule has 0 bridgehead atoms. The first-order valence-corrected chi connectivity index (χ1v) is 12.3. The van der Waals surface area contributed by atoms with Gasteiger partial charge in [-0.05, 0) is 51.8 Å². The minimum Gasteiger partial charge on any atom is -0.361 e. The van der Waals surface area contributed by atoms with E-state index in [4.69, 9.17) is 5.26 Å². The van der Waals surface area contributed by atoms with Crippen LogP contribution in [0, 0.1) is 11.3 Å². The van der Waals surface area contributed by atoms with Crippen molar-refractivity contribution in [3.63, 3.8) is 0 Å². The summed E-state index contributed by atoms with van der Waals surface area (Å²) in [5.74, 6) is -0.0000438. The molecule has 1 amide bonds. The van der Waals surface area contributed by atoms with Crippen LogP contribution in [0.5, 0.6) is 0 Å². The van der Waals surface area contributed by atoms with Gasteiger partial charge in [0, 0.05) is 24.2 Å². The highest BCUT2D eigenvalue weighted by Gasteiger charge is 2.55. The number of carbonyl (C=O) groups excluding carboxylic acids is 1. The van der Waals surface area contributed by atoms with Crippen molar-refractivity contribution in [2.75, 3.05) is 38.6 Å². The van der Waals surface area contributed by atoms with E-state index in [9.17, 15) is 9.90 Å². The van der Waals surface area contributed by atoms with Gasteiger partial charge in [0.1, 0.15) is 6.07 Å². The lowest BCUT2D eigenvalue weighted by Gasteiger charge is -2.51. The summed E-state index contributed by atoms with van der Waals surface area (Å²) in [6, 6.07) is 12.5. The van der Waals surface area contributed by atoms with E-state index in [1.165, 1.54) is 5.56 Å². The first-order valence-electron chi connectivity index (χ1n) is 12.3. The second-order valence-corrected chi connectivity index (χ2v) is 9.85. The van der Waals surface area contributed by atoms with Crippen molar-refractivity contribution in [3.8, 4) is 6.07 Å². The summed E-state index contributed by atoms with van der Waals surface area (Å²) in [4.78, 5) is 27.0. The molecule has 1 saturated carbocycles. The summed E-state index contributed by atoms with van der Waals surface area (Å²) < 4.78 is 0. The van der Waals surface area contributed by atoms with Crippen LogP contribution in [0.3, 0.4) is 0 Å². The summed E-state index contributed by atoms with van der Waals surface area (Å²) in [5.41, 5.74) is 1.46. The lowest BCUT2D eigenvalue weighted by atomic mass is 9.68. The molecule has 35 heavy (non-hydrogen) atoms. The summed E-state index contributed by atoms with van der Waals surface area (Å²) in [6.07, 6.45) is 6.47. The van der Waals surface area contributed by atoms with Crippen LogP contribution in [0.2, 0.25) is 0 Å². The number of rotatable bonds is 7. The zero-order valence-corrected chi connectivity index (χ0v) is 20.8. The third-order valence-electron chi connectivity index (χ3n) is 7.76. The zero-order chi connectivity index (χ0) is 25.1. The van der Waals surface area contributed by atoms with Gasteiger partial charge in [-0.3, -0.25) is 9.69 Å². The van der Waals surface area contributed by atoms with E-state index in [1.54, 1.807) is 12.4 Å². The largest absolute Gasteiger partial charge is 0.361 e. The maximum Gasteiger partial charge on any atom is 0.234 e. The Kier molecular flexibility index (Phi) is 7.36. The quantitative estimate of drug-likeness (QED) is 0.624. The van der Waals surface area contributed by atoms with Crippen LogP contribution in [0.25, 0.3) is 0 Å². The number of benzene rings is 1. The number of nitriles is 1. The number of amides is 1. The Labute approximate surface area is 207 Å². The molecule has 2 aromatic rings. The minimum absolute atomic E-state index is 0.0873. The van der Waals surface area contributed by atoms with Crippen molar-refractivity contribution in [3.05, 3.63) is 54.1 Å². The first-order chi connectivity index (χ1) is 16.8. The molecule has 4 rings (SSSR count). The number of aliphatic hydroxyl groups excluding tert-OH is 1. The third-order valence-corrected chi connectivity index (χ3v) is 7.76. The van der Waals surface area contributed by atoms with Crippen LogP contribution in [0.4, 0.5) is 5.69 Å². The summed E-state index contributed by atoms with van der Waals surface area (Å²) in [5, 5.41) is 23.4. The summed E-state index contributed by atoms with van der Waals surface area (Å²) in [7, 11) is 4.26. The van der Waals surface area contributed by atoms with E-state index in [1.807, 2.05) is 28.9 Å². The van der Waals surface area contributed by atoms with Gasteiger partial charge in [-0.25, -0.2) is 14.9 Å². The van der Waals surface area contributed by atoms with Crippen molar-refractivity contribution >= 4 is 11.6 Å². The Bertz CT molecular complexity index is 1040. The molecule has 9 heteroatoms. The fraction of sp³-hybridized carbons (Fsp3) is 0.538. The number of aromatic nitrogens is 2. The standard InChI is InChI=1S/C26H35N7O2/c1-4-14-28-23(34)18-33-24(35)32(21-16-29-22(15-27)30-17-21)19-25(33)10-12-26(13-11-25,31(2)3)20-8-6-5-7-9-20/h5-9,16-17,24,35H,4,10-14,18-19H2,1-3H3,(H,28,34)/t24?,25-,26+. The molecular weight excluding hydrogens is 442 g/mol. The molecule has 1 spiro atoms. The van der Waals surface area contributed by atoms with Gasteiger partial charge in [0.15, 0.2) is 6.35 Å². The lowest BCUT2D eigenvalue weighted by molar-refractivity contribution is -0.128. The number of hydrogen-bond acceptors (Lipinski definition) is 8. The average Bonchev–Trinajstić information content (AvgIpc) is 3.14. The molecular formula is C26H35N7O2. The van der Waals surface area contributed by atoms with Crippen LogP contribution < -0.4 is 10.2 Å². The molecule has 1 unspecified atom stereocenters. The molecule has 2 N–H and O–H groups in total. The van der Waals surface area contributed by atoms with Crippen molar-refractivity contribution in [1.82, 2.24) is 25.1 Å². The van der Waals surface area contributed by atoms with Crippen molar-refractivity contribution in [2.24, 2.45) is 0 Å². The molecule has 2 heterocycles. The SMILES string of the molecule is CCCNC(=O)CN1C(O)N(c2cnc(C#N)nc2)C[C@]12CC[C@](c1ccccc1)(N(C)C)CC2. The molecule has 0 radical (unpaired) electrons. The number of nitrogens with one attached hydrogen (secondary N) is 1. The van der Waals surface area contributed by atoms with Gasteiger partial charge in [-0.1, -0.05) is 37.3 Å². The number of nitrogens with zero attached hydrogens (tertiary/aromatic N) is 6. The first kappa shape index (κ1) is 25.0. The van der Waals surface area contributed by atoms with Gasteiger partial charge in [0.2, 0.25) is 11.7 Å². The Morgan fingerprint density at radius 2 is 1.86 bits per heavy atom. The van der Waals surface area contributed by atoms with E-state index >= 15 is 0 Å². The van der Waals surface area contributed by atoms with Crippen LogP contribution in [-0.2, 0) is 10.3 Å². The van der Waals surface area contributed by atoms with E-state index in [-0.39, 0.29) is 29.4 Å². The van der Waals surface area contributed by atoms with Gasteiger partial charge in [0.05, 0.1) is 24.6 Å². The fourth-order valence-corrected chi connectivity index (χ4v) is 5.70. The number of anilines is 1. The maximum atomic E-state index is 12.8. The number of aliphatic hydroxyl groups is 1. The van der Waals surface area contributed by atoms with Gasteiger partial charge < -0.3 is 15.3 Å². The Hall–Kier alpha value is -3.06. The van der Waals surface area contributed by atoms with Gasteiger partial charge in [0.25, 0.3) is 0 Å². The second-order valence-electron chi connectivity index (χ2n) is 9.85. The predicted octanol–water partition coefficient (Wildman–Crippen LogP) is 2.04. The lowest BCUT2D eigenvalue weighted by Crippen LogP contribution is -2.58.